The molecule has 1 N–H and O–H groups in total. The molecule has 112 valence electrons. The molecule has 1 atom stereocenters. The van der Waals surface area contributed by atoms with Crippen LogP contribution in [0.2, 0.25) is 0 Å². The summed E-state index contributed by atoms with van der Waals surface area (Å²) in [4.78, 5) is 12.6. The molecule has 0 bridgehead atoms. The molecule has 1 heterocycles. The second-order valence-electron chi connectivity index (χ2n) is 4.53. The number of carbonyl (C=O) groups excluding carboxylic acids is 1. The molecule has 2 rings (SSSR count). The van der Waals surface area contributed by atoms with E-state index in [1.807, 2.05) is 0 Å². The number of rotatable bonds is 2. The molecule has 8 heteroatoms. The highest BCUT2D eigenvalue weighted by Gasteiger charge is 2.40. The van der Waals surface area contributed by atoms with Crippen molar-refractivity contribution in [1.82, 2.24) is 0 Å². The smallest absolute Gasteiger partial charge is 0.418 e. The number of halogens is 3. The van der Waals surface area contributed by atoms with E-state index in [1.54, 1.807) is 0 Å². The third-order valence-corrected chi connectivity index (χ3v) is 3.27. The van der Waals surface area contributed by atoms with Gasteiger partial charge in [0.2, 0.25) is 0 Å². The van der Waals surface area contributed by atoms with Gasteiger partial charge in [0.25, 0.3) is 0 Å². The van der Waals surface area contributed by atoms with Crippen molar-refractivity contribution in [3.05, 3.63) is 28.8 Å². The van der Waals surface area contributed by atoms with Crippen LogP contribution in [0, 0.1) is 18.3 Å². The number of nitrogens with zero attached hydrogens (tertiary/aromatic N) is 2. The Labute approximate surface area is 118 Å². The van der Waals surface area contributed by atoms with Gasteiger partial charge in [0.1, 0.15) is 6.61 Å². The maximum atomic E-state index is 13.1. The summed E-state index contributed by atoms with van der Waals surface area (Å²) in [7, 11) is 0. The molecule has 1 aliphatic rings. The number of carbonyl (C=O) groups is 1. The van der Waals surface area contributed by atoms with Crippen LogP contribution in [0.1, 0.15) is 16.7 Å². The van der Waals surface area contributed by atoms with Crippen LogP contribution >= 0.6 is 0 Å². The van der Waals surface area contributed by atoms with E-state index in [0.717, 1.165) is 11.0 Å². The Balaban J connectivity index is 2.62. The van der Waals surface area contributed by atoms with Crippen molar-refractivity contribution in [2.75, 3.05) is 18.1 Å². The fourth-order valence-corrected chi connectivity index (χ4v) is 2.31. The van der Waals surface area contributed by atoms with E-state index in [1.165, 1.54) is 19.1 Å². The number of amides is 1. The summed E-state index contributed by atoms with van der Waals surface area (Å²) >= 11 is 0. The highest BCUT2D eigenvalue weighted by molar-refractivity contribution is 5.91. The van der Waals surface area contributed by atoms with Crippen LogP contribution in [0.5, 0.6) is 0 Å². The molecule has 0 radical (unpaired) electrons. The summed E-state index contributed by atoms with van der Waals surface area (Å²) in [5, 5.41) is 18.0. The molecule has 1 saturated heterocycles. The maximum absolute atomic E-state index is 13.1. The van der Waals surface area contributed by atoms with Gasteiger partial charge >= 0.3 is 12.3 Å². The lowest BCUT2D eigenvalue weighted by Crippen LogP contribution is -2.37. The molecule has 1 aromatic rings. The van der Waals surface area contributed by atoms with Crippen molar-refractivity contribution in [3.8, 4) is 6.07 Å². The topological polar surface area (TPSA) is 73.6 Å². The number of nitriles is 1. The zero-order valence-corrected chi connectivity index (χ0v) is 10.9. The van der Waals surface area contributed by atoms with Gasteiger partial charge in [-0.05, 0) is 24.6 Å². The van der Waals surface area contributed by atoms with Gasteiger partial charge in [-0.2, -0.15) is 18.4 Å². The highest BCUT2D eigenvalue weighted by atomic mass is 19.4. The van der Waals surface area contributed by atoms with E-state index in [-0.39, 0.29) is 17.9 Å². The highest BCUT2D eigenvalue weighted by Crippen LogP contribution is 2.39. The van der Waals surface area contributed by atoms with Crippen LogP contribution in [0.15, 0.2) is 12.1 Å². The second kappa shape index (κ2) is 5.26. The lowest BCUT2D eigenvalue weighted by molar-refractivity contribution is -0.138. The summed E-state index contributed by atoms with van der Waals surface area (Å²) in [5.41, 5.74) is -1.88. The van der Waals surface area contributed by atoms with Gasteiger partial charge in [0.15, 0.2) is 0 Å². The standard InChI is InChI=1S/C13H11F3N2O3/c1-7-10(18-9(5-19)6-21-12(18)20)3-2-8(4-17)11(7)13(14,15)16/h2-3,9,19H,5-6H2,1H3. The van der Waals surface area contributed by atoms with Crippen molar-refractivity contribution in [3.63, 3.8) is 0 Å². The normalized spacial score (nSPS) is 18.6. The Hall–Kier alpha value is -2.27. The van der Waals surface area contributed by atoms with E-state index >= 15 is 0 Å². The second-order valence-corrected chi connectivity index (χ2v) is 4.53. The number of alkyl halides is 3. The molecule has 5 nitrogen and oxygen atoms in total. The summed E-state index contributed by atoms with van der Waals surface area (Å²) in [6.07, 6.45) is -5.54. The summed E-state index contributed by atoms with van der Waals surface area (Å²) in [6.45, 7) is 0.641. The van der Waals surface area contributed by atoms with Gasteiger partial charge in [-0.15, -0.1) is 0 Å². The predicted octanol–water partition coefficient (Wildman–Crippen LogP) is 2.20. The number of hydrogen-bond donors (Lipinski definition) is 1. The Morgan fingerprint density at radius 3 is 2.71 bits per heavy atom. The van der Waals surface area contributed by atoms with Crippen LogP contribution in [-0.4, -0.2) is 30.5 Å². The molecule has 1 unspecified atom stereocenters. The molecule has 1 fully saturated rings. The molecule has 0 saturated carbocycles. The van der Waals surface area contributed by atoms with E-state index in [4.69, 9.17) is 10.00 Å². The van der Waals surface area contributed by atoms with Gasteiger partial charge in [-0.3, -0.25) is 4.90 Å². The van der Waals surface area contributed by atoms with Gasteiger partial charge in [-0.1, -0.05) is 0 Å². The quantitative estimate of drug-likeness (QED) is 0.908. The van der Waals surface area contributed by atoms with Crippen molar-refractivity contribution in [2.45, 2.75) is 19.1 Å². The average Bonchev–Trinajstić information content (AvgIpc) is 2.78. The van der Waals surface area contributed by atoms with Crippen LogP contribution in [-0.2, 0) is 10.9 Å². The zero-order valence-electron chi connectivity index (χ0n) is 10.9. The Bertz CT molecular complexity index is 622. The van der Waals surface area contributed by atoms with Crippen molar-refractivity contribution >= 4 is 11.8 Å². The molecule has 0 spiro atoms. The summed E-state index contributed by atoms with van der Waals surface area (Å²) < 4.78 is 44.1. The molecule has 1 amide bonds. The summed E-state index contributed by atoms with van der Waals surface area (Å²) in [5.74, 6) is 0. The van der Waals surface area contributed by atoms with Crippen LogP contribution < -0.4 is 4.90 Å². The minimum atomic E-state index is -4.72. The molecule has 21 heavy (non-hydrogen) atoms. The first-order chi connectivity index (χ1) is 9.81. The fraction of sp³-hybridized carbons (Fsp3) is 0.385. The van der Waals surface area contributed by atoms with Gasteiger partial charge in [-0.25, -0.2) is 4.79 Å². The monoisotopic (exact) mass is 300 g/mol. The van der Waals surface area contributed by atoms with Crippen molar-refractivity contribution in [1.29, 1.82) is 5.26 Å². The van der Waals surface area contributed by atoms with Gasteiger partial charge < -0.3 is 9.84 Å². The fourth-order valence-electron chi connectivity index (χ4n) is 2.31. The van der Waals surface area contributed by atoms with E-state index in [9.17, 15) is 23.1 Å². The molecule has 1 aromatic carbocycles. The first-order valence-electron chi connectivity index (χ1n) is 5.99. The van der Waals surface area contributed by atoms with E-state index in [2.05, 4.69) is 0 Å². The maximum Gasteiger partial charge on any atom is 0.418 e. The van der Waals surface area contributed by atoms with E-state index < -0.39 is 36.0 Å². The first-order valence-corrected chi connectivity index (χ1v) is 5.99. The zero-order chi connectivity index (χ0) is 15.8. The Kier molecular flexibility index (Phi) is 3.78. The Morgan fingerprint density at radius 1 is 1.52 bits per heavy atom. The molecule has 0 aliphatic carbocycles. The van der Waals surface area contributed by atoms with Crippen LogP contribution in [0.4, 0.5) is 23.7 Å². The lowest BCUT2D eigenvalue weighted by atomic mass is 9.99. The molecule has 0 aromatic heterocycles. The van der Waals surface area contributed by atoms with E-state index in [0.29, 0.717) is 0 Å². The van der Waals surface area contributed by atoms with Crippen LogP contribution in [0.25, 0.3) is 0 Å². The molecular formula is C13H11F3N2O3. The SMILES string of the molecule is Cc1c(N2C(=O)OCC2CO)ccc(C#N)c1C(F)(F)F. The third kappa shape index (κ3) is 2.52. The number of aliphatic hydroxyl groups excluding tert-OH is 1. The largest absolute Gasteiger partial charge is 0.447 e. The minimum Gasteiger partial charge on any atom is -0.447 e. The number of hydrogen-bond acceptors (Lipinski definition) is 4. The average molecular weight is 300 g/mol. The van der Waals surface area contributed by atoms with Gasteiger partial charge in [0.05, 0.1) is 35.5 Å². The number of anilines is 1. The minimum absolute atomic E-state index is 0.0251. The van der Waals surface area contributed by atoms with Gasteiger partial charge in [0, 0.05) is 0 Å². The number of ether oxygens (including phenoxy) is 1. The molecule has 1 aliphatic heterocycles. The molecular weight excluding hydrogens is 289 g/mol. The number of cyclic esters (lactones) is 1. The van der Waals surface area contributed by atoms with Crippen molar-refractivity contribution in [2.24, 2.45) is 0 Å². The Morgan fingerprint density at radius 2 is 2.19 bits per heavy atom. The lowest BCUT2D eigenvalue weighted by Gasteiger charge is -2.24. The third-order valence-electron chi connectivity index (χ3n) is 3.27. The van der Waals surface area contributed by atoms with Crippen molar-refractivity contribution < 1.29 is 27.8 Å². The summed E-state index contributed by atoms with van der Waals surface area (Å²) in [6, 6.07) is 3.00. The predicted molar refractivity (Wildman–Crippen MR) is 65.6 cm³/mol. The number of aliphatic hydroxyl groups is 1. The first kappa shape index (κ1) is 15.1. The number of benzene rings is 1. The van der Waals surface area contributed by atoms with Crippen LogP contribution in [0.3, 0.4) is 0 Å².